The van der Waals surface area contributed by atoms with Crippen LogP contribution in [0.2, 0.25) is 0 Å². The Labute approximate surface area is 130 Å². The lowest BCUT2D eigenvalue weighted by molar-refractivity contribution is -0.132. The predicted octanol–water partition coefficient (Wildman–Crippen LogP) is 4.09. The normalized spacial score (nSPS) is 22.6. The molecule has 2 atom stereocenters. The van der Waals surface area contributed by atoms with E-state index < -0.39 is 0 Å². The van der Waals surface area contributed by atoms with E-state index in [9.17, 15) is 4.79 Å². The second kappa shape index (κ2) is 7.26. The summed E-state index contributed by atoms with van der Waals surface area (Å²) in [5.74, 6) is 0.267. The number of hydrogen-bond donors (Lipinski definition) is 0. The van der Waals surface area contributed by atoms with Gasteiger partial charge in [0.25, 0.3) is 0 Å². The molecule has 0 bridgehead atoms. The summed E-state index contributed by atoms with van der Waals surface area (Å²) >= 11 is 3.74. The van der Waals surface area contributed by atoms with E-state index in [4.69, 9.17) is 0 Å². The number of hydrogen-bond acceptors (Lipinski definition) is 1. The molecule has 0 radical (unpaired) electrons. The Morgan fingerprint density at radius 2 is 2.10 bits per heavy atom. The molecular weight excluding hydrogens is 314 g/mol. The van der Waals surface area contributed by atoms with Crippen molar-refractivity contribution >= 4 is 21.8 Å². The molecule has 0 saturated heterocycles. The van der Waals surface area contributed by atoms with Crippen LogP contribution in [-0.4, -0.2) is 28.7 Å². The van der Waals surface area contributed by atoms with Crippen molar-refractivity contribution in [2.75, 3.05) is 7.05 Å². The van der Waals surface area contributed by atoms with E-state index in [1.54, 1.807) is 0 Å². The van der Waals surface area contributed by atoms with Gasteiger partial charge in [0.1, 0.15) is 0 Å². The summed E-state index contributed by atoms with van der Waals surface area (Å²) in [6.07, 6.45) is 6.27. The zero-order chi connectivity index (χ0) is 14.5. The minimum atomic E-state index is 0.267. The SMILES string of the molecule is Cc1cccc(CCC(=O)N(C)C2CCCCC2Br)c1. The minimum Gasteiger partial charge on any atom is -0.342 e. The van der Waals surface area contributed by atoms with Crippen molar-refractivity contribution in [2.24, 2.45) is 0 Å². The fourth-order valence-corrected chi connectivity index (χ4v) is 3.93. The van der Waals surface area contributed by atoms with Gasteiger partial charge in [-0.2, -0.15) is 0 Å². The van der Waals surface area contributed by atoms with Gasteiger partial charge in [-0.25, -0.2) is 0 Å². The van der Waals surface area contributed by atoms with Crippen molar-refractivity contribution < 1.29 is 4.79 Å². The molecule has 2 unspecified atom stereocenters. The molecule has 1 amide bonds. The van der Waals surface area contributed by atoms with Crippen LogP contribution in [0, 0.1) is 6.92 Å². The fourth-order valence-electron chi connectivity index (χ4n) is 2.98. The number of carbonyl (C=O) groups excluding carboxylic acids is 1. The van der Waals surface area contributed by atoms with Crippen molar-refractivity contribution in [1.82, 2.24) is 4.90 Å². The first kappa shape index (κ1) is 15.6. The molecule has 110 valence electrons. The second-order valence-electron chi connectivity index (χ2n) is 5.86. The van der Waals surface area contributed by atoms with Crippen LogP contribution in [-0.2, 0) is 11.2 Å². The van der Waals surface area contributed by atoms with Gasteiger partial charge in [0.15, 0.2) is 0 Å². The molecule has 20 heavy (non-hydrogen) atoms. The molecule has 3 heteroatoms. The van der Waals surface area contributed by atoms with E-state index in [-0.39, 0.29) is 5.91 Å². The van der Waals surface area contributed by atoms with Crippen molar-refractivity contribution in [3.63, 3.8) is 0 Å². The van der Waals surface area contributed by atoms with Crippen molar-refractivity contribution in [2.45, 2.75) is 56.3 Å². The third-order valence-electron chi connectivity index (χ3n) is 4.25. The lowest BCUT2D eigenvalue weighted by Crippen LogP contribution is -2.44. The summed E-state index contributed by atoms with van der Waals surface area (Å²) in [5, 5.41) is 0. The smallest absolute Gasteiger partial charge is 0.222 e. The zero-order valence-electron chi connectivity index (χ0n) is 12.4. The van der Waals surface area contributed by atoms with Crippen LogP contribution in [0.3, 0.4) is 0 Å². The Hall–Kier alpha value is -0.830. The van der Waals surface area contributed by atoms with Crippen LogP contribution in [0.15, 0.2) is 24.3 Å². The van der Waals surface area contributed by atoms with Gasteiger partial charge in [0, 0.05) is 24.3 Å². The molecule has 0 N–H and O–H groups in total. The minimum absolute atomic E-state index is 0.267. The standard InChI is InChI=1S/C17H24BrNO/c1-13-6-5-7-14(12-13)10-11-17(20)19(2)16-9-4-3-8-15(16)18/h5-7,12,15-16H,3-4,8-11H2,1-2H3. The van der Waals surface area contributed by atoms with Crippen LogP contribution >= 0.6 is 15.9 Å². The molecular formula is C17H24BrNO. The molecule has 0 aliphatic heterocycles. The number of amides is 1. The Morgan fingerprint density at radius 3 is 2.80 bits per heavy atom. The molecule has 1 aromatic carbocycles. The number of aryl methyl sites for hydroxylation is 2. The van der Waals surface area contributed by atoms with E-state index in [0.29, 0.717) is 17.3 Å². The highest BCUT2D eigenvalue weighted by Crippen LogP contribution is 2.28. The summed E-state index contributed by atoms with van der Waals surface area (Å²) < 4.78 is 0. The van der Waals surface area contributed by atoms with Gasteiger partial charge >= 0.3 is 0 Å². The fraction of sp³-hybridized carbons (Fsp3) is 0.588. The lowest BCUT2D eigenvalue weighted by atomic mass is 9.94. The zero-order valence-corrected chi connectivity index (χ0v) is 14.0. The monoisotopic (exact) mass is 337 g/mol. The maximum absolute atomic E-state index is 12.4. The topological polar surface area (TPSA) is 20.3 Å². The number of carbonyl (C=O) groups is 1. The molecule has 2 nitrogen and oxygen atoms in total. The van der Waals surface area contributed by atoms with Crippen molar-refractivity contribution in [3.8, 4) is 0 Å². The third kappa shape index (κ3) is 4.08. The molecule has 1 fully saturated rings. The van der Waals surface area contributed by atoms with Gasteiger partial charge in [-0.05, 0) is 31.7 Å². The first-order chi connectivity index (χ1) is 9.58. The number of nitrogens with zero attached hydrogens (tertiary/aromatic N) is 1. The van der Waals surface area contributed by atoms with Crippen LogP contribution in [0.4, 0.5) is 0 Å². The second-order valence-corrected chi connectivity index (χ2v) is 7.04. The molecule has 2 rings (SSSR count). The predicted molar refractivity (Wildman–Crippen MR) is 87.2 cm³/mol. The number of halogens is 1. The van der Waals surface area contributed by atoms with Gasteiger partial charge in [-0.3, -0.25) is 4.79 Å². The first-order valence-electron chi connectivity index (χ1n) is 7.53. The molecule has 0 spiro atoms. The molecule has 0 aromatic heterocycles. The number of benzene rings is 1. The Bertz CT molecular complexity index is 460. The maximum Gasteiger partial charge on any atom is 0.222 e. The highest BCUT2D eigenvalue weighted by atomic mass is 79.9. The maximum atomic E-state index is 12.4. The van der Waals surface area contributed by atoms with E-state index in [2.05, 4.69) is 47.1 Å². The van der Waals surface area contributed by atoms with Crippen LogP contribution in [0.1, 0.15) is 43.2 Å². The molecule has 1 aromatic rings. The van der Waals surface area contributed by atoms with Gasteiger partial charge in [0.05, 0.1) is 0 Å². The summed E-state index contributed by atoms with van der Waals surface area (Å²) in [7, 11) is 1.96. The van der Waals surface area contributed by atoms with E-state index in [1.807, 2.05) is 11.9 Å². The Kier molecular flexibility index (Phi) is 5.64. The number of rotatable bonds is 4. The number of alkyl halides is 1. The quantitative estimate of drug-likeness (QED) is 0.757. The van der Waals surface area contributed by atoms with Gasteiger partial charge in [-0.1, -0.05) is 58.6 Å². The van der Waals surface area contributed by atoms with Crippen LogP contribution in [0.25, 0.3) is 0 Å². The van der Waals surface area contributed by atoms with E-state index in [0.717, 1.165) is 12.8 Å². The van der Waals surface area contributed by atoms with E-state index in [1.165, 1.54) is 30.4 Å². The van der Waals surface area contributed by atoms with Crippen molar-refractivity contribution in [1.29, 1.82) is 0 Å². The highest BCUT2D eigenvalue weighted by molar-refractivity contribution is 9.09. The highest BCUT2D eigenvalue weighted by Gasteiger charge is 2.28. The summed E-state index contributed by atoms with van der Waals surface area (Å²) in [4.78, 5) is 14.8. The Balaban J connectivity index is 1.87. The average Bonchev–Trinajstić information content (AvgIpc) is 2.44. The molecule has 1 aliphatic carbocycles. The lowest BCUT2D eigenvalue weighted by Gasteiger charge is -2.35. The Morgan fingerprint density at radius 1 is 1.35 bits per heavy atom. The van der Waals surface area contributed by atoms with Crippen molar-refractivity contribution in [3.05, 3.63) is 35.4 Å². The molecule has 1 saturated carbocycles. The average molecular weight is 338 g/mol. The van der Waals surface area contributed by atoms with Crippen LogP contribution < -0.4 is 0 Å². The molecule has 1 aliphatic rings. The summed E-state index contributed by atoms with van der Waals surface area (Å²) in [5.41, 5.74) is 2.52. The van der Waals surface area contributed by atoms with Gasteiger partial charge < -0.3 is 4.90 Å². The third-order valence-corrected chi connectivity index (χ3v) is 5.32. The summed E-state index contributed by atoms with van der Waals surface area (Å²) in [6, 6.07) is 8.80. The first-order valence-corrected chi connectivity index (χ1v) is 8.45. The van der Waals surface area contributed by atoms with Gasteiger partial charge in [0.2, 0.25) is 5.91 Å². The summed E-state index contributed by atoms with van der Waals surface area (Å²) in [6.45, 7) is 2.09. The largest absolute Gasteiger partial charge is 0.342 e. The molecule has 0 heterocycles. The van der Waals surface area contributed by atoms with E-state index >= 15 is 0 Å². The van der Waals surface area contributed by atoms with Crippen LogP contribution in [0.5, 0.6) is 0 Å². The van der Waals surface area contributed by atoms with Gasteiger partial charge in [-0.15, -0.1) is 0 Å².